The lowest BCUT2D eigenvalue weighted by atomic mass is 9.99. The predicted molar refractivity (Wildman–Crippen MR) is 126 cm³/mol. The molecule has 0 radical (unpaired) electrons. The number of alkyl halides is 3. The molecule has 0 unspecified atom stereocenters. The third-order valence-corrected chi connectivity index (χ3v) is 9.26. The van der Waals surface area contributed by atoms with Crippen molar-refractivity contribution in [2.75, 3.05) is 13.2 Å². The van der Waals surface area contributed by atoms with Gasteiger partial charge in [0.2, 0.25) is 0 Å². The topological polar surface area (TPSA) is 82.6 Å². The molecule has 1 fully saturated rings. The Kier molecular flexibility index (Phi) is 6.48. The number of fused-ring (bicyclic) bond motifs is 1. The summed E-state index contributed by atoms with van der Waals surface area (Å²) in [5, 5.41) is 0.455. The zero-order chi connectivity index (χ0) is 25.6. The monoisotopic (exact) mass is 527 g/mol. The molecule has 0 bridgehead atoms. The maximum Gasteiger partial charge on any atom is 0.416 e. The zero-order valence-electron chi connectivity index (χ0n) is 19.3. The molecule has 3 aromatic rings. The average Bonchev–Trinajstić information content (AvgIpc) is 3.21. The summed E-state index contributed by atoms with van der Waals surface area (Å²) in [4.78, 5) is 17.6. The molecule has 188 valence electrons. The molecule has 0 saturated carbocycles. The minimum absolute atomic E-state index is 0.0260. The molecule has 0 amide bonds. The fourth-order valence-electron chi connectivity index (χ4n) is 3.88. The van der Waals surface area contributed by atoms with E-state index in [0.29, 0.717) is 20.8 Å². The number of nitrogens with zero attached hydrogens (tertiary/aromatic N) is 1. The number of rotatable bonds is 4. The lowest BCUT2D eigenvalue weighted by Crippen LogP contribution is -2.53. The van der Waals surface area contributed by atoms with E-state index in [9.17, 15) is 26.4 Å². The van der Waals surface area contributed by atoms with Crippen molar-refractivity contribution in [1.82, 2.24) is 4.98 Å². The standard InChI is InChI=1S/C24H24F3NO5S2/c1-22(2,3)33-21(29)23(10-12-32-13-11-23)35(30,31)17-8-9-18-19(14-17)34-20(28-18)15-4-6-16(7-5-15)24(25,26)27/h4-9,14H,10-13H2,1-3H3. The summed E-state index contributed by atoms with van der Waals surface area (Å²) in [7, 11) is -4.16. The van der Waals surface area contributed by atoms with E-state index in [1.165, 1.54) is 30.3 Å². The number of sulfone groups is 1. The lowest BCUT2D eigenvalue weighted by molar-refractivity contribution is -0.160. The second kappa shape index (κ2) is 8.86. The van der Waals surface area contributed by atoms with Crippen LogP contribution in [0.2, 0.25) is 0 Å². The van der Waals surface area contributed by atoms with E-state index < -0.39 is 37.9 Å². The number of carbonyl (C=O) groups excluding carboxylic acids is 1. The third kappa shape index (κ3) is 4.94. The first-order chi connectivity index (χ1) is 16.2. The van der Waals surface area contributed by atoms with E-state index in [4.69, 9.17) is 9.47 Å². The van der Waals surface area contributed by atoms with E-state index in [0.717, 1.165) is 23.5 Å². The van der Waals surface area contributed by atoms with Crippen molar-refractivity contribution >= 4 is 37.4 Å². The lowest BCUT2D eigenvalue weighted by Gasteiger charge is -2.36. The summed E-state index contributed by atoms with van der Waals surface area (Å²) in [6.07, 6.45) is -4.49. The van der Waals surface area contributed by atoms with Gasteiger partial charge in [-0.25, -0.2) is 13.4 Å². The molecular weight excluding hydrogens is 503 g/mol. The Bertz CT molecular complexity index is 1350. The molecule has 1 saturated heterocycles. The van der Waals surface area contributed by atoms with Gasteiger partial charge < -0.3 is 9.47 Å². The van der Waals surface area contributed by atoms with Gasteiger partial charge in [-0.2, -0.15) is 13.2 Å². The Morgan fingerprint density at radius 2 is 1.69 bits per heavy atom. The number of thiazole rings is 1. The number of hydrogen-bond acceptors (Lipinski definition) is 7. The minimum Gasteiger partial charge on any atom is -0.459 e. The summed E-state index contributed by atoms with van der Waals surface area (Å²) < 4.78 is 75.8. The summed E-state index contributed by atoms with van der Waals surface area (Å²) in [6, 6.07) is 9.01. The van der Waals surface area contributed by atoms with Gasteiger partial charge in [0.25, 0.3) is 0 Å². The first-order valence-corrected chi connectivity index (χ1v) is 13.2. The first kappa shape index (κ1) is 25.6. The van der Waals surface area contributed by atoms with Gasteiger partial charge in [-0.05, 0) is 51.1 Å². The van der Waals surface area contributed by atoms with Gasteiger partial charge in [0.1, 0.15) is 10.6 Å². The van der Waals surface area contributed by atoms with Gasteiger partial charge >= 0.3 is 12.1 Å². The minimum atomic E-state index is -4.44. The molecule has 0 aliphatic carbocycles. The van der Waals surface area contributed by atoms with Crippen molar-refractivity contribution in [3.63, 3.8) is 0 Å². The highest BCUT2D eigenvalue weighted by Gasteiger charge is 2.54. The maximum atomic E-state index is 13.8. The molecule has 2 heterocycles. The highest BCUT2D eigenvalue weighted by atomic mass is 32.2. The van der Waals surface area contributed by atoms with Crippen LogP contribution in [0.15, 0.2) is 47.4 Å². The van der Waals surface area contributed by atoms with E-state index in [2.05, 4.69) is 4.98 Å². The number of esters is 1. The molecule has 35 heavy (non-hydrogen) atoms. The normalized spacial score (nSPS) is 16.9. The summed E-state index contributed by atoms with van der Waals surface area (Å²) in [5.41, 5.74) is -0.643. The largest absolute Gasteiger partial charge is 0.459 e. The molecule has 0 atom stereocenters. The number of carbonyl (C=O) groups is 1. The molecule has 0 N–H and O–H groups in total. The quantitative estimate of drug-likeness (QED) is 0.408. The Hall–Kier alpha value is -2.50. The predicted octanol–water partition coefficient (Wildman–Crippen LogP) is 5.65. The van der Waals surface area contributed by atoms with Crippen LogP contribution in [0.1, 0.15) is 39.2 Å². The van der Waals surface area contributed by atoms with Gasteiger partial charge in [-0.1, -0.05) is 12.1 Å². The van der Waals surface area contributed by atoms with E-state index >= 15 is 0 Å². The maximum absolute atomic E-state index is 13.8. The number of benzene rings is 2. The van der Waals surface area contributed by atoms with E-state index in [-0.39, 0.29) is 31.0 Å². The molecule has 4 rings (SSSR count). The molecule has 2 aromatic carbocycles. The molecular formula is C24H24F3NO5S2. The SMILES string of the molecule is CC(C)(C)OC(=O)C1(S(=O)(=O)c2ccc3nc(-c4ccc(C(F)(F)F)cc4)sc3c2)CCOCC1. The van der Waals surface area contributed by atoms with E-state index in [1.54, 1.807) is 20.8 Å². The van der Waals surface area contributed by atoms with Crippen LogP contribution in [0, 0.1) is 0 Å². The summed E-state index contributed by atoms with van der Waals surface area (Å²) >= 11 is 1.16. The highest BCUT2D eigenvalue weighted by molar-refractivity contribution is 7.93. The second-order valence-electron chi connectivity index (χ2n) is 9.34. The van der Waals surface area contributed by atoms with Gasteiger partial charge in [0.05, 0.1) is 20.7 Å². The highest BCUT2D eigenvalue weighted by Crippen LogP contribution is 2.40. The Morgan fingerprint density at radius 1 is 1.06 bits per heavy atom. The van der Waals surface area contributed by atoms with Crippen LogP contribution >= 0.6 is 11.3 Å². The Balaban J connectivity index is 1.72. The van der Waals surface area contributed by atoms with Crippen LogP contribution in [-0.4, -0.2) is 42.9 Å². The van der Waals surface area contributed by atoms with Gasteiger partial charge in [0, 0.05) is 31.6 Å². The molecule has 1 aliphatic rings. The van der Waals surface area contributed by atoms with Crippen molar-refractivity contribution in [3.05, 3.63) is 48.0 Å². The van der Waals surface area contributed by atoms with Crippen molar-refractivity contribution in [2.45, 2.75) is 55.0 Å². The van der Waals surface area contributed by atoms with Crippen molar-refractivity contribution < 1.29 is 35.9 Å². The third-order valence-electron chi connectivity index (χ3n) is 5.72. The zero-order valence-corrected chi connectivity index (χ0v) is 20.9. The Morgan fingerprint density at radius 3 is 2.26 bits per heavy atom. The fourth-order valence-corrected chi connectivity index (χ4v) is 6.90. The van der Waals surface area contributed by atoms with Crippen molar-refractivity contribution in [2.24, 2.45) is 0 Å². The van der Waals surface area contributed by atoms with Crippen molar-refractivity contribution in [3.8, 4) is 10.6 Å². The van der Waals surface area contributed by atoms with Crippen LogP contribution < -0.4 is 0 Å². The van der Waals surface area contributed by atoms with Gasteiger partial charge in [-0.3, -0.25) is 4.79 Å². The molecule has 6 nitrogen and oxygen atoms in total. The Labute approximate surface area is 205 Å². The van der Waals surface area contributed by atoms with E-state index in [1.807, 2.05) is 0 Å². The molecule has 1 aromatic heterocycles. The fraction of sp³-hybridized carbons (Fsp3) is 0.417. The number of halogens is 3. The van der Waals surface area contributed by atoms with Crippen LogP contribution in [0.5, 0.6) is 0 Å². The second-order valence-corrected chi connectivity index (χ2v) is 12.6. The van der Waals surface area contributed by atoms with Crippen LogP contribution in [-0.2, 0) is 30.3 Å². The molecule has 11 heteroatoms. The van der Waals surface area contributed by atoms with Crippen molar-refractivity contribution in [1.29, 1.82) is 0 Å². The number of aromatic nitrogens is 1. The molecule has 0 spiro atoms. The van der Waals surface area contributed by atoms with Crippen LogP contribution in [0.25, 0.3) is 20.8 Å². The van der Waals surface area contributed by atoms with Crippen LogP contribution in [0.4, 0.5) is 13.2 Å². The van der Waals surface area contributed by atoms with Gasteiger partial charge in [-0.15, -0.1) is 11.3 Å². The van der Waals surface area contributed by atoms with Crippen LogP contribution in [0.3, 0.4) is 0 Å². The summed E-state index contributed by atoms with van der Waals surface area (Å²) in [5.74, 6) is -0.803. The summed E-state index contributed by atoms with van der Waals surface area (Å²) in [6.45, 7) is 5.25. The van der Waals surface area contributed by atoms with Gasteiger partial charge in [0.15, 0.2) is 14.6 Å². The smallest absolute Gasteiger partial charge is 0.416 e. The average molecular weight is 528 g/mol. The number of ether oxygens (including phenoxy) is 2. The number of hydrogen-bond donors (Lipinski definition) is 0. The molecule has 1 aliphatic heterocycles. The first-order valence-electron chi connectivity index (χ1n) is 10.9.